The second-order valence-electron chi connectivity index (χ2n) is 8.69. The molecule has 0 unspecified atom stereocenters. The summed E-state index contributed by atoms with van der Waals surface area (Å²) in [6.07, 6.45) is 1.23. The highest BCUT2D eigenvalue weighted by Crippen LogP contribution is 2.44. The van der Waals surface area contributed by atoms with Crippen LogP contribution in [0.25, 0.3) is 33.4 Å². The Morgan fingerprint density at radius 3 is 2.00 bits per heavy atom. The van der Waals surface area contributed by atoms with E-state index >= 15 is 0 Å². The number of rotatable bonds is 3. The lowest BCUT2D eigenvalue weighted by Crippen LogP contribution is -2.22. The second-order valence-corrected chi connectivity index (χ2v) is 9.82. The maximum atomic E-state index is 2.44. The van der Waals surface area contributed by atoms with Gasteiger partial charge < -0.3 is 0 Å². The summed E-state index contributed by atoms with van der Waals surface area (Å²) in [6.45, 7) is 4.77. The molecule has 0 aliphatic carbocycles. The summed E-state index contributed by atoms with van der Waals surface area (Å²) in [5.41, 5.74) is 9.39. The van der Waals surface area contributed by atoms with Gasteiger partial charge in [-0.05, 0) is 74.7 Å². The molecule has 0 nitrogen and oxygen atoms in total. The number of benzene rings is 4. The normalized spacial score (nSPS) is 14.9. The van der Waals surface area contributed by atoms with Crippen LogP contribution in [0.15, 0.2) is 102 Å². The largest absolute Gasteiger partial charge is 0.126 e. The minimum absolute atomic E-state index is 0.223. The molecule has 1 aliphatic heterocycles. The third kappa shape index (κ3) is 3.59. The standard InChI is InChI=1S/C29H26S/c1-29(2)17-18-30-28-16-14-24(20-27(28)29)26-19-23(21-9-5-3-6-10-21)13-15-25(26)22-11-7-4-8-12-22/h3-16,19-20H,17-18H2,1-2H3. The summed E-state index contributed by atoms with van der Waals surface area (Å²) in [7, 11) is 0. The van der Waals surface area contributed by atoms with E-state index in [1.807, 2.05) is 11.8 Å². The lowest BCUT2D eigenvalue weighted by atomic mass is 9.80. The van der Waals surface area contributed by atoms with Gasteiger partial charge in [0, 0.05) is 4.90 Å². The summed E-state index contributed by atoms with van der Waals surface area (Å²) in [5, 5.41) is 0. The minimum Gasteiger partial charge on any atom is -0.126 e. The molecule has 5 rings (SSSR count). The summed E-state index contributed by atoms with van der Waals surface area (Å²) in [5.74, 6) is 1.21. The third-order valence-corrected chi connectivity index (χ3v) is 7.29. The van der Waals surface area contributed by atoms with Crippen LogP contribution in [0, 0.1) is 0 Å². The highest BCUT2D eigenvalue weighted by molar-refractivity contribution is 7.99. The van der Waals surface area contributed by atoms with Gasteiger partial charge in [0.05, 0.1) is 0 Å². The van der Waals surface area contributed by atoms with Crippen molar-refractivity contribution in [1.82, 2.24) is 0 Å². The van der Waals surface area contributed by atoms with Crippen LogP contribution in [0.5, 0.6) is 0 Å². The first-order valence-electron chi connectivity index (χ1n) is 10.6. The molecular formula is C29H26S. The average molecular weight is 407 g/mol. The van der Waals surface area contributed by atoms with Gasteiger partial charge in [-0.25, -0.2) is 0 Å². The van der Waals surface area contributed by atoms with Gasteiger partial charge in [-0.1, -0.05) is 92.7 Å². The first-order valence-corrected chi connectivity index (χ1v) is 11.6. The zero-order valence-corrected chi connectivity index (χ0v) is 18.4. The maximum absolute atomic E-state index is 2.44. The molecule has 0 saturated carbocycles. The smallest absolute Gasteiger partial charge is 0.0110 e. The molecule has 1 heterocycles. The lowest BCUT2D eigenvalue weighted by Gasteiger charge is -2.32. The van der Waals surface area contributed by atoms with Gasteiger partial charge in [-0.2, -0.15) is 0 Å². The number of hydrogen-bond acceptors (Lipinski definition) is 1. The van der Waals surface area contributed by atoms with E-state index in [4.69, 9.17) is 0 Å². The number of fused-ring (bicyclic) bond motifs is 1. The molecule has 0 fully saturated rings. The lowest BCUT2D eigenvalue weighted by molar-refractivity contribution is 0.494. The van der Waals surface area contributed by atoms with Crippen molar-refractivity contribution in [2.24, 2.45) is 0 Å². The predicted molar refractivity (Wildman–Crippen MR) is 131 cm³/mol. The maximum Gasteiger partial charge on any atom is 0.0110 e. The van der Waals surface area contributed by atoms with Crippen molar-refractivity contribution in [2.45, 2.75) is 30.6 Å². The van der Waals surface area contributed by atoms with Gasteiger partial charge in [0.1, 0.15) is 0 Å². The van der Waals surface area contributed by atoms with Crippen LogP contribution in [0.4, 0.5) is 0 Å². The second kappa shape index (κ2) is 7.81. The molecule has 0 bridgehead atoms. The monoisotopic (exact) mass is 406 g/mol. The van der Waals surface area contributed by atoms with Crippen LogP contribution in [0.3, 0.4) is 0 Å². The van der Waals surface area contributed by atoms with Crippen molar-refractivity contribution in [1.29, 1.82) is 0 Å². The number of thioether (sulfide) groups is 1. The Kier molecular flexibility index (Phi) is 5.00. The van der Waals surface area contributed by atoms with Crippen molar-refractivity contribution < 1.29 is 0 Å². The highest BCUT2D eigenvalue weighted by Gasteiger charge is 2.28. The molecule has 148 valence electrons. The molecule has 0 atom stereocenters. The molecule has 0 amide bonds. The van der Waals surface area contributed by atoms with Crippen molar-refractivity contribution in [3.05, 3.63) is 103 Å². The fraction of sp³-hybridized carbons (Fsp3) is 0.172. The van der Waals surface area contributed by atoms with Crippen LogP contribution >= 0.6 is 11.8 Å². The Morgan fingerprint density at radius 2 is 1.27 bits per heavy atom. The Bertz CT molecular complexity index is 1170. The quantitative estimate of drug-likeness (QED) is 0.329. The molecule has 0 aromatic heterocycles. The predicted octanol–water partition coefficient (Wildman–Crippen LogP) is 8.46. The van der Waals surface area contributed by atoms with E-state index in [0.717, 1.165) is 0 Å². The summed E-state index contributed by atoms with van der Waals surface area (Å²) < 4.78 is 0. The Hall–Kier alpha value is -2.77. The molecule has 1 aliphatic rings. The van der Waals surface area contributed by atoms with Crippen molar-refractivity contribution in [3.63, 3.8) is 0 Å². The average Bonchev–Trinajstić information content (AvgIpc) is 2.80. The van der Waals surface area contributed by atoms with E-state index in [9.17, 15) is 0 Å². The van der Waals surface area contributed by atoms with Crippen molar-refractivity contribution in [2.75, 3.05) is 5.75 Å². The molecule has 1 heteroatoms. The van der Waals surface area contributed by atoms with E-state index in [0.29, 0.717) is 0 Å². The van der Waals surface area contributed by atoms with E-state index in [1.54, 1.807) is 0 Å². The molecule has 0 saturated heterocycles. The van der Waals surface area contributed by atoms with E-state index in [-0.39, 0.29) is 5.41 Å². The minimum atomic E-state index is 0.223. The first-order chi connectivity index (χ1) is 14.6. The SMILES string of the molecule is CC1(C)CCSc2ccc(-c3cc(-c4ccccc4)ccc3-c3ccccc3)cc21. The van der Waals surface area contributed by atoms with Crippen LogP contribution in [0.2, 0.25) is 0 Å². The van der Waals surface area contributed by atoms with Gasteiger partial charge in [0.2, 0.25) is 0 Å². The van der Waals surface area contributed by atoms with Crippen LogP contribution in [-0.2, 0) is 5.41 Å². The van der Waals surface area contributed by atoms with Crippen LogP contribution < -0.4 is 0 Å². The third-order valence-electron chi connectivity index (χ3n) is 6.22. The van der Waals surface area contributed by atoms with Gasteiger partial charge >= 0.3 is 0 Å². The first kappa shape index (κ1) is 19.2. The Labute approximate surface area is 184 Å². The Balaban J connectivity index is 1.71. The van der Waals surface area contributed by atoms with Gasteiger partial charge in [-0.15, -0.1) is 11.8 Å². The van der Waals surface area contributed by atoms with E-state index in [1.165, 1.54) is 56.0 Å². The molecule has 0 N–H and O–H groups in total. The molecule has 4 aromatic rings. The zero-order chi connectivity index (χ0) is 20.6. The number of hydrogen-bond donors (Lipinski definition) is 0. The van der Waals surface area contributed by atoms with Crippen LogP contribution in [-0.4, -0.2) is 5.75 Å². The van der Waals surface area contributed by atoms with Gasteiger partial charge in [-0.3, -0.25) is 0 Å². The molecule has 30 heavy (non-hydrogen) atoms. The van der Waals surface area contributed by atoms with Gasteiger partial charge in [0.25, 0.3) is 0 Å². The fourth-order valence-corrected chi connectivity index (χ4v) is 5.85. The molecule has 4 aromatic carbocycles. The van der Waals surface area contributed by atoms with E-state index in [2.05, 4.69) is 111 Å². The molecule has 0 radical (unpaired) electrons. The summed E-state index contributed by atoms with van der Waals surface area (Å²) in [6, 6.07) is 35.4. The highest BCUT2D eigenvalue weighted by atomic mass is 32.2. The topological polar surface area (TPSA) is 0 Å². The zero-order valence-electron chi connectivity index (χ0n) is 17.6. The van der Waals surface area contributed by atoms with Crippen LogP contribution in [0.1, 0.15) is 25.8 Å². The molecular weight excluding hydrogens is 380 g/mol. The van der Waals surface area contributed by atoms with Crippen molar-refractivity contribution in [3.8, 4) is 33.4 Å². The van der Waals surface area contributed by atoms with Gasteiger partial charge in [0.15, 0.2) is 0 Å². The van der Waals surface area contributed by atoms with Crippen molar-refractivity contribution >= 4 is 11.8 Å². The van der Waals surface area contributed by atoms with E-state index < -0.39 is 0 Å². The Morgan fingerprint density at radius 1 is 0.600 bits per heavy atom. The summed E-state index contributed by atoms with van der Waals surface area (Å²) in [4.78, 5) is 1.44. The summed E-state index contributed by atoms with van der Waals surface area (Å²) >= 11 is 2.00. The fourth-order valence-electron chi connectivity index (χ4n) is 4.37. The molecule has 0 spiro atoms.